The van der Waals surface area contributed by atoms with Crippen LogP contribution in [0.15, 0.2) is 18.2 Å². The van der Waals surface area contributed by atoms with Crippen molar-refractivity contribution < 1.29 is 13.2 Å². The lowest BCUT2D eigenvalue weighted by Crippen LogP contribution is -1.97. The summed E-state index contributed by atoms with van der Waals surface area (Å²) in [7, 11) is 0. The number of aromatic nitrogens is 1. The number of hydrogen-bond donors (Lipinski definition) is 0. The zero-order chi connectivity index (χ0) is 11.7. The Morgan fingerprint density at radius 1 is 1.12 bits per heavy atom. The highest BCUT2D eigenvalue weighted by Gasteiger charge is 2.14. The highest BCUT2D eigenvalue weighted by molar-refractivity contribution is 9.09. The van der Waals surface area contributed by atoms with Gasteiger partial charge in [0.15, 0.2) is 17.5 Å². The highest BCUT2D eigenvalue weighted by atomic mass is 79.9. The van der Waals surface area contributed by atoms with Gasteiger partial charge in [-0.25, -0.2) is 13.2 Å². The molecule has 0 unspecified atom stereocenters. The van der Waals surface area contributed by atoms with Crippen LogP contribution < -0.4 is 0 Å². The van der Waals surface area contributed by atoms with Crippen LogP contribution >= 0.6 is 15.9 Å². The number of rotatable bonds is 2. The third-order valence-electron chi connectivity index (χ3n) is 2.24. The zero-order valence-electron chi connectivity index (χ0n) is 8.11. The van der Waals surface area contributed by atoms with Crippen molar-refractivity contribution >= 4 is 26.8 Å². The Kier molecular flexibility index (Phi) is 3.14. The second kappa shape index (κ2) is 4.41. The molecule has 1 heterocycles. The minimum Gasteiger partial charge on any atom is -0.253 e. The number of alkyl halides is 1. The van der Waals surface area contributed by atoms with E-state index in [0.717, 1.165) is 6.07 Å². The summed E-state index contributed by atoms with van der Waals surface area (Å²) in [6, 6.07) is 3.92. The van der Waals surface area contributed by atoms with Gasteiger partial charge in [0.1, 0.15) is 0 Å². The fourth-order valence-electron chi connectivity index (χ4n) is 1.46. The normalized spacial score (nSPS) is 11.0. The summed E-state index contributed by atoms with van der Waals surface area (Å²) in [5, 5.41) is 0.703. The van der Waals surface area contributed by atoms with E-state index in [-0.39, 0.29) is 10.9 Å². The monoisotopic (exact) mass is 289 g/mol. The summed E-state index contributed by atoms with van der Waals surface area (Å²) < 4.78 is 39.2. The molecule has 0 saturated carbocycles. The number of aryl methyl sites for hydroxylation is 1. The Balaban J connectivity index is 2.66. The molecule has 0 radical (unpaired) electrons. The van der Waals surface area contributed by atoms with Gasteiger partial charge in [-0.1, -0.05) is 15.9 Å². The standard InChI is InChI=1S/C11H7BrF3N/c12-4-3-6-1-2-7-9(16-6)5-8(13)11(15)10(7)14/h1-2,5H,3-4H2. The molecule has 0 aliphatic rings. The van der Waals surface area contributed by atoms with Gasteiger partial charge in [0.25, 0.3) is 0 Å². The van der Waals surface area contributed by atoms with Crippen molar-refractivity contribution in [1.82, 2.24) is 4.98 Å². The van der Waals surface area contributed by atoms with Crippen LogP contribution in [0.3, 0.4) is 0 Å². The lowest BCUT2D eigenvalue weighted by Gasteiger charge is -2.03. The van der Waals surface area contributed by atoms with Crippen LogP contribution in [-0.4, -0.2) is 10.3 Å². The van der Waals surface area contributed by atoms with Crippen molar-refractivity contribution in [3.63, 3.8) is 0 Å². The molecule has 0 atom stereocenters. The Morgan fingerprint density at radius 2 is 1.88 bits per heavy atom. The maximum Gasteiger partial charge on any atom is 0.195 e. The maximum atomic E-state index is 13.3. The molecule has 84 valence electrons. The van der Waals surface area contributed by atoms with E-state index in [9.17, 15) is 13.2 Å². The minimum atomic E-state index is -1.46. The summed E-state index contributed by atoms with van der Waals surface area (Å²) >= 11 is 3.24. The second-order valence-electron chi connectivity index (χ2n) is 3.29. The van der Waals surface area contributed by atoms with E-state index in [1.807, 2.05) is 0 Å². The van der Waals surface area contributed by atoms with Gasteiger partial charge in [0.05, 0.1) is 5.52 Å². The van der Waals surface area contributed by atoms with Crippen LogP contribution in [0.25, 0.3) is 10.9 Å². The molecule has 1 nitrogen and oxygen atoms in total. The molecule has 2 rings (SSSR count). The van der Waals surface area contributed by atoms with E-state index in [0.29, 0.717) is 17.4 Å². The number of hydrogen-bond acceptors (Lipinski definition) is 1. The van der Waals surface area contributed by atoms with Crippen molar-refractivity contribution in [2.75, 3.05) is 5.33 Å². The van der Waals surface area contributed by atoms with E-state index in [4.69, 9.17) is 0 Å². The second-order valence-corrected chi connectivity index (χ2v) is 4.09. The molecule has 0 N–H and O–H groups in total. The third kappa shape index (κ3) is 1.91. The molecule has 0 amide bonds. The first-order chi connectivity index (χ1) is 7.63. The first-order valence-corrected chi connectivity index (χ1v) is 5.74. The molecule has 0 fully saturated rings. The first kappa shape index (κ1) is 11.4. The molecule has 16 heavy (non-hydrogen) atoms. The molecule has 5 heteroatoms. The largest absolute Gasteiger partial charge is 0.253 e. The summed E-state index contributed by atoms with van der Waals surface area (Å²) in [4.78, 5) is 4.05. The van der Waals surface area contributed by atoms with Gasteiger partial charge in [-0.05, 0) is 18.6 Å². The van der Waals surface area contributed by atoms with E-state index in [1.165, 1.54) is 6.07 Å². The molecule has 1 aromatic carbocycles. The van der Waals surface area contributed by atoms with Gasteiger partial charge in [0.2, 0.25) is 0 Å². The molecular weight excluding hydrogens is 283 g/mol. The summed E-state index contributed by atoms with van der Waals surface area (Å²) in [6.07, 6.45) is 0.649. The first-order valence-electron chi connectivity index (χ1n) is 4.62. The van der Waals surface area contributed by atoms with Crippen LogP contribution in [0, 0.1) is 17.5 Å². The number of nitrogens with zero attached hydrogens (tertiary/aromatic N) is 1. The average molecular weight is 290 g/mol. The lowest BCUT2D eigenvalue weighted by molar-refractivity contribution is 0.453. The highest BCUT2D eigenvalue weighted by Crippen LogP contribution is 2.22. The predicted molar refractivity (Wildman–Crippen MR) is 59.1 cm³/mol. The lowest BCUT2D eigenvalue weighted by atomic mass is 10.1. The molecule has 0 saturated heterocycles. The quantitative estimate of drug-likeness (QED) is 0.608. The van der Waals surface area contributed by atoms with Crippen LogP contribution in [0.4, 0.5) is 13.2 Å². The average Bonchev–Trinajstić information content (AvgIpc) is 2.26. The van der Waals surface area contributed by atoms with Gasteiger partial charge in [-0.2, -0.15) is 0 Å². The van der Waals surface area contributed by atoms with Gasteiger partial charge >= 0.3 is 0 Å². The fourth-order valence-corrected chi connectivity index (χ4v) is 1.86. The van der Waals surface area contributed by atoms with Crippen molar-refractivity contribution in [3.8, 4) is 0 Å². The molecular formula is C11H7BrF3N. The van der Waals surface area contributed by atoms with Crippen molar-refractivity contribution in [3.05, 3.63) is 41.3 Å². The smallest absolute Gasteiger partial charge is 0.195 e. The van der Waals surface area contributed by atoms with Crippen molar-refractivity contribution in [2.24, 2.45) is 0 Å². The Labute approximate surface area is 98.4 Å². The molecule has 0 aliphatic carbocycles. The molecule has 1 aromatic heterocycles. The predicted octanol–water partition coefficient (Wildman–Crippen LogP) is 3.59. The van der Waals surface area contributed by atoms with Crippen molar-refractivity contribution in [2.45, 2.75) is 6.42 Å². The number of benzene rings is 1. The van der Waals surface area contributed by atoms with E-state index in [1.54, 1.807) is 6.07 Å². The zero-order valence-corrected chi connectivity index (χ0v) is 9.69. The number of fused-ring (bicyclic) bond motifs is 1. The Bertz CT molecular complexity index is 542. The molecule has 2 aromatic rings. The SMILES string of the molecule is Fc1cc2nc(CCBr)ccc2c(F)c1F. The number of pyridine rings is 1. The van der Waals surface area contributed by atoms with Gasteiger partial charge in [0, 0.05) is 22.5 Å². The molecule has 0 bridgehead atoms. The Hall–Kier alpha value is -1.10. The van der Waals surface area contributed by atoms with Crippen LogP contribution in [0.2, 0.25) is 0 Å². The van der Waals surface area contributed by atoms with Crippen LogP contribution in [0.5, 0.6) is 0 Å². The van der Waals surface area contributed by atoms with Gasteiger partial charge in [-0.3, -0.25) is 4.98 Å². The number of halogens is 4. The van der Waals surface area contributed by atoms with E-state index < -0.39 is 17.5 Å². The Morgan fingerprint density at radius 3 is 2.56 bits per heavy atom. The maximum absolute atomic E-state index is 13.3. The van der Waals surface area contributed by atoms with Crippen LogP contribution in [-0.2, 0) is 6.42 Å². The molecule has 0 aliphatic heterocycles. The fraction of sp³-hybridized carbons (Fsp3) is 0.182. The van der Waals surface area contributed by atoms with Crippen LogP contribution in [0.1, 0.15) is 5.69 Å². The summed E-state index contributed by atoms with van der Waals surface area (Å²) in [5.41, 5.74) is 0.838. The van der Waals surface area contributed by atoms with Crippen molar-refractivity contribution in [1.29, 1.82) is 0 Å². The summed E-state index contributed by atoms with van der Waals surface area (Å²) in [5.74, 6) is -3.86. The summed E-state index contributed by atoms with van der Waals surface area (Å²) in [6.45, 7) is 0. The van der Waals surface area contributed by atoms with E-state index >= 15 is 0 Å². The molecule has 0 spiro atoms. The third-order valence-corrected chi connectivity index (χ3v) is 2.63. The topological polar surface area (TPSA) is 12.9 Å². The van der Waals surface area contributed by atoms with Gasteiger partial charge in [-0.15, -0.1) is 0 Å². The van der Waals surface area contributed by atoms with Gasteiger partial charge < -0.3 is 0 Å². The minimum absolute atomic E-state index is 0.00257. The van der Waals surface area contributed by atoms with E-state index in [2.05, 4.69) is 20.9 Å².